The number of sulfonamides is 1. The number of fused-ring (bicyclic) bond motifs is 1. The van der Waals surface area contributed by atoms with E-state index in [1.165, 1.54) is 18.2 Å². The Morgan fingerprint density at radius 2 is 1.86 bits per heavy atom. The maximum absolute atomic E-state index is 13.8. The van der Waals surface area contributed by atoms with Crippen LogP contribution in [0.4, 0.5) is 15.8 Å². The van der Waals surface area contributed by atoms with Crippen molar-refractivity contribution < 1.29 is 17.6 Å². The maximum Gasteiger partial charge on any atom is 0.261 e. The summed E-state index contributed by atoms with van der Waals surface area (Å²) in [5, 5.41) is 0. The Balaban J connectivity index is 1.98. The van der Waals surface area contributed by atoms with Gasteiger partial charge in [-0.15, -0.1) is 0 Å². The van der Waals surface area contributed by atoms with Gasteiger partial charge in [0, 0.05) is 23.6 Å². The zero-order valence-corrected chi connectivity index (χ0v) is 17.5. The van der Waals surface area contributed by atoms with Gasteiger partial charge in [-0.3, -0.25) is 9.52 Å². The third kappa shape index (κ3) is 3.63. The van der Waals surface area contributed by atoms with Crippen molar-refractivity contribution in [3.63, 3.8) is 0 Å². The quantitative estimate of drug-likeness (QED) is 0.830. The zero-order valence-electron chi connectivity index (χ0n) is 16.7. The Hall–Kier alpha value is -2.41. The Bertz CT molecular complexity index is 1050. The van der Waals surface area contributed by atoms with Crippen LogP contribution in [0.25, 0.3) is 0 Å². The van der Waals surface area contributed by atoms with Gasteiger partial charge in [-0.1, -0.05) is 33.8 Å². The first-order valence-corrected chi connectivity index (χ1v) is 10.7. The van der Waals surface area contributed by atoms with Gasteiger partial charge in [0.05, 0.1) is 10.6 Å². The lowest BCUT2D eigenvalue weighted by molar-refractivity contribution is -0.121. The summed E-state index contributed by atoms with van der Waals surface area (Å²) in [4.78, 5) is 14.3. The predicted molar refractivity (Wildman–Crippen MR) is 109 cm³/mol. The standard InChI is InChI=1S/C21H25FN2O3S/c1-13(2)20(25)24-12-21(4,5)17-11-16(8-9-19(17)24)28(26,27)23-15-7-6-14(3)18(22)10-15/h6-11,13,23H,12H2,1-5H3. The summed E-state index contributed by atoms with van der Waals surface area (Å²) in [6, 6.07) is 8.97. The number of amides is 1. The fourth-order valence-corrected chi connectivity index (χ4v) is 4.48. The number of hydrogen-bond acceptors (Lipinski definition) is 3. The average Bonchev–Trinajstić information content (AvgIpc) is 2.88. The maximum atomic E-state index is 13.8. The van der Waals surface area contributed by atoms with Crippen molar-refractivity contribution in [1.82, 2.24) is 0 Å². The van der Waals surface area contributed by atoms with Gasteiger partial charge in [0.15, 0.2) is 0 Å². The molecule has 3 rings (SSSR count). The van der Waals surface area contributed by atoms with Crippen LogP contribution in [0.5, 0.6) is 0 Å². The van der Waals surface area contributed by atoms with Gasteiger partial charge in [-0.05, 0) is 48.4 Å². The van der Waals surface area contributed by atoms with E-state index >= 15 is 0 Å². The first-order chi connectivity index (χ1) is 12.9. The van der Waals surface area contributed by atoms with E-state index in [2.05, 4.69) is 4.72 Å². The Morgan fingerprint density at radius 3 is 2.46 bits per heavy atom. The first kappa shape index (κ1) is 20.3. The van der Waals surface area contributed by atoms with E-state index in [-0.39, 0.29) is 27.8 Å². The van der Waals surface area contributed by atoms with E-state index < -0.39 is 15.8 Å². The van der Waals surface area contributed by atoms with Gasteiger partial charge in [-0.25, -0.2) is 12.8 Å². The van der Waals surface area contributed by atoms with Crippen molar-refractivity contribution in [2.45, 2.75) is 44.9 Å². The number of nitrogens with zero attached hydrogens (tertiary/aromatic N) is 1. The Kier molecular flexibility index (Phi) is 5.00. The number of carbonyl (C=O) groups is 1. The number of aryl methyl sites for hydroxylation is 1. The number of nitrogens with one attached hydrogen (secondary N) is 1. The van der Waals surface area contributed by atoms with Crippen LogP contribution in [-0.4, -0.2) is 20.9 Å². The number of benzene rings is 2. The van der Waals surface area contributed by atoms with Crippen LogP contribution in [-0.2, 0) is 20.2 Å². The summed E-state index contributed by atoms with van der Waals surface area (Å²) < 4.78 is 41.8. The fourth-order valence-electron chi connectivity index (χ4n) is 3.40. The lowest BCUT2D eigenvalue weighted by Gasteiger charge is -2.22. The normalized spacial score (nSPS) is 15.6. The third-order valence-electron chi connectivity index (χ3n) is 5.04. The smallest absolute Gasteiger partial charge is 0.261 e. The van der Waals surface area contributed by atoms with Gasteiger partial charge in [0.2, 0.25) is 5.91 Å². The third-order valence-corrected chi connectivity index (χ3v) is 6.41. The van der Waals surface area contributed by atoms with Crippen LogP contribution in [0.3, 0.4) is 0 Å². The van der Waals surface area contributed by atoms with Crippen LogP contribution in [0.1, 0.15) is 38.8 Å². The van der Waals surface area contributed by atoms with E-state index in [0.717, 1.165) is 17.3 Å². The number of anilines is 2. The molecule has 28 heavy (non-hydrogen) atoms. The number of halogens is 1. The lowest BCUT2D eigenvalue weighted by atomic mass is 9.87. The van der Waals surface area contributed by atoms with Crippen LogP contribution in [0.15, 0.2) is 41.3 Å². The molecule has 1 aliphatic heterocycles. The van der Waals surface area contributed by atoms with E-state index in [9.17, 15) is 17.6 Å². The highest BCUT2D eigenvalue weighted by Gasteiger charge is 2.39. The molecule has 0 aromatic heterocycles. The van der Waals surface area contributed by atoms with Crippen molar-refractivity contribution in [1.29, 1.82) is 0 Å². The topological polar surface area (TPSA) is 66.5 Å². The molecular weight excluding hydrogens is 379 g/mol. The zero-order chi connectivity index (χ0) is 20.9. The SMILES string of the molecule is Cc1ccc(NS(=O)(=O)c2ccc3c(c2)C(C)(C)CN3C(=O)C(C)C)cc1F. The molecule has 0 saturated heterocycles. The number of rotatable bonds is 4. The van der Waals surface area contributed by atoms with Gasteiger partial charge in [-0.2, -0.15) is 0 Å². The first-order valence-electron chi connectivity index (χ1n) is 9.17. The van der Waals surface area contributed by atoms with E-state index in [1.54, 1.807) is 24.0 Å². The Labute approximate surface area is 165 Å². The monoisotopic (exact) mass is 404 g/mol. The molecule has 1 N–H and O–H groups in total. The molecule has 7 heteroatoms. The second kappa shape index (κ2) is 6.88. The van der Waals surface area contributed by atoms with Crippen molar-refractivity contribution in [3.05, 3.63) is 53.3 Å². The summed E-state index contributed by atoms with van der Waals surface area (Å²) in [7, 11) is -3.89. The molecule has 150 valence electrons. The molecule has 0 saturated carbocycles. The molecule has 0 unspecified atom stereocenters. The molecule has 5 nitrogen and oxygen atoms in total. The van der Waals surface area contributed by atoms with Gasteiger partial charge in [0.25, 0.3) is 10.0 Å². The Morgan fingerprint density at radius 1 is 1.18 bits per heavy atom. The highest BCUT2D eigenvalue weighted by Crippen LogP contribution is 2.42. The molecule has 2 aromatic rings. The minimum absolute atomic E-state index is 0.00990. The van der Waals surface area contributed by atoms with Crippen LogP contribution in [0.2, 0.25) is 0 Å². The van der Waals surface area contributed by atoms with E-state index in [0.29, 0.717) is 12.1 Å². The highest BCUT2D eigenvalue weighted by atomic mass is 32.2. The molecule has 0 atom stereocenters. The second-order valence-electron chi connectivity index (χ2n) is 8.21. The van der Waals surface area contributed by atoms with Crippen LogP contribution < -0.4 is 9.62 Å². The van der Waals surface area contributed by atoms with Crippen LogP contribution >= 0.6 is 0 Å². The van der Waals surface area contributed by atoms with Gasteiger partial charge < -0.3 is 4.90 Å². The van der Waals surface area contributed by atoms with Crippen molar-refractivity contribution >= 4 is 27.3 Å². The number of hydrogen-bond donors (Lipinski definition) is 1. The average molecular weight is 405 g/mol. The van der Waals surface area contributed by atoms with Gasteiger partial charge in [0.1, 0.15) is 5.82 Å². The summed E-state index contributed by atoms with van der Waals surface area (Å²) in [6.07, 6.45) is 0. The van der Waals surface area contributed by atoms with Crippen LogP contribution in [0, 0.1) is 18.7 Å². The summed E-state index contributed by atoms with van der Waals surface area (Å²) >= 11 is 0. The fraction of sp³-hybridized carbons (Fsp3) is 0.381. The molecule has 0 radical (unpaired) electrons. The van der Waals surface area contributed by atoms with Crippen molar-refractivity contribution in [2.24, 2.45) is 5.92 Å². The summed E-state index contributed by atoms with van der Waals surface area (Å²) in [5.41, 5.74) is 1.78. The highest BCUT2D eigenvalue weighted by molar-refractivity contribution is 7.92. The molecular formula is C21H25FN2O3S. The van der Waals surface area contributed by atoms with Gasteiger partial charge >= 0.3 is 0 Å². The van der Waals surface area contributed by atoms with E-state index in [1.807, 2.05) is 27.7 Å². The largest absolute Gasteiger partial charge is 0.311 e. The predicted octanol–water partition coefficient (Wildman–Crippen LogP) is 4.22. The molecule has 0 bridgehead atoms. The molecule has 1 amide bonds. The lowest BCUT2D eigenvalue weighted by Crippen LogP contribution is -2.36. The minimum Gasteiger partial charge on any atom is -0.311 e. The summed E-state index contributed by atoms with van der Waals surface area (Å²) in [5.74, 6) is -0.614. The minimum atomic E-state index is -3.89. The molecule has 0 spiro atoms. The summed E-state index contributed by atoms with van der Waals surface area (Å²) in [6.45, 7) is 9.77. The van der Waals surface area contributed by atoms with E-state index in [4.69, 9.17) is 0 Å². The molecule has 2 aromatic carbocycles. The molecule has 0 aliphatic carbocycles. The molecule has 1 heterocycles. The van der Waals surface area contributed by atoms with Crippen molar-refractivity contribution in [3.8, 4) is 0 Å². The van der Waals surface area contributed by atoms with Crippen molar-refractivity contribution in [2.75, 3.05) is 16.2 Å². The second-order valence-corrected chi connectivity index (χ2v) is 9.89. The number of carbonyl (C=O) groups excluding carboxylic acids is 1. The molecule has 1 aliphatic rings. The molecule has 0 fully saturated rings.